The number of carbonyl (C=O) groups is 2. The summed E-state index contributed by atoms with van der Waals surface area (Å²) in [7, 11) is 1.38. The van der Waals surface area contributed by atoms with Crippen LogP contribution >= 0.6 is 0 Å². The van der Waals surface area contributed by atoms with Crippen LogP contribution in [0.2, 0.25) is 0 Å². The number of hydrogen-bond acceptors (Lipinski definition) is 4. The predicted octanol–water partition coefficient (Wildman–Crippen LogP) is -0.860. The Kier molecular flexibility index (Phi) is 1.24. The lowest BCUT2D eigenvalue weighted by Gasteiger charge is -2.24. The lowest BCUT2D eigenvalue weighted by Crippen LogP contribution is -2.53. The Hall–Kier alpha value is -1.72. The molecule has 0 aromatic carbocycles. The van der Waals surface area contributed by atoms with Crippen LogP contribution in [0.3, 0.4) is 0 Å². The van der Waals surface area contributed by atoms with Crippen molar-refractivity contribution in [2.75, 3.05) is 7.05 Å². The maximum absolute atomic E-state index is 11.3. The van der Waals surface area contributed by atoms with Crippen LogP contribution in [0.1, 0.15) is 0 Å². The molecule has 61 valence electrons. The van der Waals surface area contributed by atoms with Crippen molar-refractivity contribution in [3.63, 3.8) is 0 Å². The zero-order chi connectivity index (χ0) is 8.72. The molecule has 0 aliphatic carbocycles. The summed E-state index contributed by atoms with van der Waals surface area (Å²) in [5.74, 6) is -0.425. The van der Waals surface area contributed by atoms with E-state index < -0.39 is 11.9 Å². The molecule has 0 saturated carbocycles. The van der Waals surface area contributed by atoms with Crippen LogP contribution in [-0.2, 0) is 4.79 Å². The van der Waals surface area contributed by atoms with Gasteiger partial charge in [0.2, 0.25) is 6.17 Å². The second-order valence-electron chi connectivity index (χ2n) is 2.37. The van der Waals surface area contributed by atoms with E-state index in [0.717, 1.165) is 4.90 Å². The molecule has 3 amide bonds. The van der Waals surface area contributed by atoms with Crippen molar-refractivity contribution in [3.05, 3.63) is 6.17 Å². The number of nitrogens with one attached hydrogen (secondary N) is 1. The third-order valence-corrected chi connectivity index (χ3v) is 1.64. The van der Waals surface area contributed by atoms with Gasteiger partial charge in [-0.1, -0.05) is 0 Å². The lowest BCUT2D eigenvalue weighted by molar-refractivity contribution is -0.120. The molecule has 6 nitrogen and oxygen atoms in total. The van der Waals surface area contributed by atoms with E-state index in [0.29, 0.717) is 0 Å². The highest BCUT2D eigenvalue weighted by Gasteiger charge is 2.38. The molecule has 1 radical (unpaired) electrons. The van der Waals surface area contributed by atoms with Crippen molar-refractivity contribution in [1.82, 2.24) is 10.2 Å². The first-order chi connectivity index (χ1) is 5.70. The molecule has 12 heavy (non-hydrogen) atoms. The minimum absolute atomic E-state index is 0.192. The second-order valence-corrected chi connectivity index (χ2v) is 2.37. The molecule has 1 N–H and O–H groups in total. The van der Waals surface area contributed by atoms with Gasteiger partial charge in [-0.3, -0.25) is 9.69 Å². The van der Waals surface area contributed by atoms with E-state index in [1.807, 2.05) is 0 Å². The van der Waals surface area contributed by atoms with Crippen LogP contribution in [0, 0.1) is 6.17 Å². The standard InChI is InChI=1S/C6H5N4O2/c1-10-5(11)3-4(8-2-7-3)9-6(10)12/h2H,1H3,(H,9,12). The van der Waals surface area contributed by atoms with Gasteiger partial charge in [-0.2, -0.15) is 0 Å². The highest BCUT2D eigenvalue weighted by molar-refractivity contribution is 6.49. The highest BCUT2D eigenvalue weighted by Crippen LogP contribution is 2.13. The van der Waals surface area contributed by atoms with Crippen LogP contribution in [0.25, 0.3) is 0 Å². The molecule has 2 aliphatic rings. The fourth-order valence-corrected chi connectivity index (χ4v) is 0.951. The molecule has 0 atom stereocenters. The molecular formula is C6H5N4O2. The minimum atomic E-state index is -0.479. The van der Waals surface area contributed by atoms with Gasteiger partial charge < -0.3 is 5.32 Å². The maximum atomic E-state index is 11.3. The van der Waals surface area contributed by atoms with E-state index >= 15 is 0 Å². The number of aliphatic imine (C=N–C) groups is 2. The molecule has 0 aromatic rings. The molecule has 0 unspecified atom stereocenters. The Bertz CT molecular complexity index is 320. The van der Waals surface area contributed by atoms with Crippen LogP contribution in [0.15, 0.2) is 9.98 Å². The summed E-state index contributed by atoms with van der Waals surface area (Å²) < 4.78 is 0. The number of fused-ring (bicyclic) bond motifs is 1. The van der Waals surface area contributed by atoms with Crippen LogP contribution < -0.4 is 5.32 Å². The van der Waals surface area contributed by atoms with Gasteiger partial charge in [0.15, 0.2) is 5.71 Å². The average Bonchev–Trinajstić information content (AvgIpc) is 2.48. The number of imide groups is 1. The third-order valence-electron chi connectivity index (χ3n) is 1.64. The molecule has 2 aliphatic heterocycles. The zero-order valence-electron chi connectivity index (χ0n) is 6.24. The van der Waals surface area contributed by atoms with Gasteiger partial charge in [-0.15, -0.1) is 0 Å². The predicted molar refractivity (Wildman–Crippen MR) is 40.5 cm³/mol. The first-order valence-electron chi connectivity index (χ1n) is 3.27. The Balaban J connectivity index is 2.35. The molecule has 0 bridgehead atoms. The maximum Gasteiger partial charge on any atom is 0.326 e. The summed E-state index contributed by atoms with van der Waals surface area (Å²) >= 11 is 0. The molecular weight excluding hydrogens is 160 g/mol. The highest BCUT2D eigenvalue weighted by atomic mass is 16.2. The summed E-state index contributed by atoms with van der Waals surface area (Å²) in [5.41, 5.74) is 0.192. The van der Waals surface area contributed by atoms with E-state index in [9.17, 15) is 9.59 Å². The lowest BCUT2D eigenvalue weighted by atomic mass is 10.2. The van der Waals surface area contributed by atoms with Gasteiger partial charge in [0.1, 0.15) is 6.34 Å². The van der Waals surface area contributed by atoms with Gasteiger partial charge in [-0.25, -0.2) is 14.8 Å². The first kappa shape index (κ1) is 6.96. The molecule has 2 heterocycles. The van der Waals surface area contributed by atoms with Gasteiger partial charge in [-0.05, 0) is 0 Å². The fraction of sp³-hybridized carbons (Fsp3) is 0.167. The van der Waals surface area contributed by atoms with Crippen LogP contribution in [0.5, 0.6) is 0 Å². The van der Waals surface area contributed by atoms with E-state index in [1.54, 1.807) is 0 Å². The SMILES string of the molecule is CN1C(=O)N[C]2N=CN=C2C1=O. The average molecular weight is 165 g/mol. The van der Waals surface area contributed by atoms with Gasteiger partial charge in [0, 0.05) is 7.05 Å². The van der Waals surface area contributed by atoms with Crippen molar-refractivity contribution >= 4 is 24.0 Å². The first-order valence-corrected chi connectivity index (χ1v) is 3.27. The quantitative estimate of drug-likeness (QED) is 0.507. The number of rotatable bonds is 0. The summed E-state index contributed by atoms with van der Waals surface area (Å²) in [6, 6.07) is -0.479. The molecule has 1 saturated heterocycles. The summed E-state index contributed by atoms with van der Waals surface area (Å²) in [6.45, 7) is 0. The third kappa shape index (κ3) is 0.744. The zero-order valence-corrected chi connectivity index (χ0v) is 6.24. The molecule has 6 heteroatoms. The van der Waals surface area contributed by atoms with E-state index in [4.69, 9.17) is 0 Å². The van der Waals surface area contributed by atoms with Crippen LogP contribution in [-0.4, -0.2) is 35.9 Å². The fourth-order valence-electron chi connectivity index (χ4n) is 0.951. The van der Waals surface area contributed by atoms with Gasteiger partial charge in [0.25, 0.3) is 5.91 Å². The number of amides is 3. The number of carbonyl (C=O) groups excluding carboxylic acids is 2. The van der Waals surface area contributed by atoms with Crippen molar-refractivity contribution in [3.8, 4) is 0 Å². The normalized spacial score (nSPS) is 22.4. The Morgan fingerprint density at radius 2 is 2.25 bits per heavy atom. The minimum Gasteiger partial charge on any atom is -0.304 e. The van der Waals surface area contributed by atoms with E-state index in [1.165, 1.54) is 13.4 Å². The summed E-state index contributed by atoms with van der Waals surface area (Å²) in [4.78, 5) is 30.6. The summed E-state index contributed by atoms with van der Waals surface area (Å²) in [6.07, 6.45) is 1.48. The van der Waals surface area contributed by atoms with Crippen LogP contribution in [0.4, 0.5) is 4.79 Å². The van der Waals surface area contributed by atoms with Crippen molar-refractivity contribution in [2.45, 2.75) is 0 Å². The largest absolute Gasteiger partial charge is 0.326 e. The Morgan fingerprint density at radius 1 is 1.50 bits per heavy atom. The Labute approximate surface area is 68.0 Å². The van der Waals surface area contributed by atoms with Gasteiger partial charge >= 0.3 is 6.03 Å². The smallest absolute Gasteiger partial charge is 0.304 e. The van der Waals surface area contributed by atoms with Crippen molar-refractivity contribution in [1.29, 1.82) is 0 Å². The molecule has 2 rings (SSSR count). The molecule has 0 spiro atoms. The second kappa shape index (κ2) is 2.13. The Morgan fingerprint density at radius 3 is 3.00 bits per heavy atom. The monoisotopic (exact) mass is 165 g/mol. The van der Waals surface area contributed by atoms with Crippen molar-refractivity contribution < 1.29 is 9.59 Å². The summed E-state index contributed by atoms with van der Waals surface area (Å²) in [5, 5.41) is 2.41. The van der Waals surface area contributed by atoms with Crippen molar-refractivity contribution in [2.24, 2.45) is 9.98 Å². The van der Waals surface area contributed by atoms with E-state index in [-0.39, 0.29) is 11.9 Å². The number of hydrogen-bond donors (Lipinski definition) is 1. The molecule has 1 fully saturated rings. The topological polar surface area (TPSA) is 74.1 Å². The number of nitrogens with zero attached hydrogens (tertiary/aromatic N) is 3. The molecule has 0 aromatic heterocycles. The number of urea groups is 1. The van der Waals surface area contributed by atoms with E-state index in [2.05, 4.69) is 15.3 Å². The van der Waals surface area contributed by atoms with Gasteiger partial charge in [0.05, 0.1) is 0 Å².